The predicted molar refractivity (Wildman–Crippen MR) is 58.5 cm³/mol. The number of pyridine rings is 1. The Morgan fingerprint density at radius 3 is 2.82 bits per heavy atom. The van der Waals surface area contributed by atoms with Crippen molar-refractivity contribution in [2.45, 2.75) is 39.8 Å². The first-order valence-electron chi connectivity index (χ1n) is 5.58. The number of halogens is 2. The van der Waals surface area contributed by atoms with Crippen LogP contribution in [0, 0.1) is 6.92 Å². The molecular weight excluding hydrogens is 226 g/mol. The Bertz CT molecular complexity index is 460. The molecule has 0 atom stereocenters. The van der Waals surface area contributed by atoms with E-state index in [9.17, 15) is 13.6 Å². The van der Waals surface area contributed by atoms with Crippen LogP contribution in [0.2, 0.25) is 0 Å². The second kappa shape index (κ2) is 4.39. The van der Waals surface area contributed by atoms with Crippen LogP contribution in [-0.2, 0) is 17.9 Å². The molecule has 0 saturated carbocycles. The maximum absolute atomic E-state index is 12.6. The summed E-state index contributed by atoms with van der Waals surface area (Å²) in [5.41, 5.74) is 2.11. The van der Waals surface area contributed by atoms with E-state index in [1.165, 1.54) is 6.07 Å². The molecule has 0 unspecified atom stereocenters. The first-order valence-corrected chi connectivity index (χ1v) is 5.58. The largest absolute Gasteiger partial charge is 0.332 e. The molecule has 17 heavy (non-hydrogen) atoms. The fourth-order valence-corrected chi connectivity index (χ4v) is 2.08. The maximum Gasteiger partial charge on any atom is 0.280 e. The summed E-state index contributed by atoms with van der Waals surface area (Å²) in [7, 11) is 0. The lowest BCUT2D eigenvalue weighted by Gasteiger charge is -2.13. The molecule has 0 bridgehead atoms. The first-order chi connectivity index (χ1) is 8.02. The summed E-state index contributed by atoms with van der Waals surface area (Å²) >= 11 is 0. The normalized spacial score (nSPS) is 14.3. The first kappa shape index (κ1) is 12.0. The molecule has 0 aromatic carbocycles. The molecule has 0 spiro atoms. The van der Waals surface area contributed by atoms with Crippen molar-refractivity contribution in [1.82, 2.24) is 9.88 Å². The van der Waals surface area contributed by atoms with Crippen LogP contribution in [0.25, 0.3) is 0 Å². The van der Waals surface area contributed by atoms with Crippen LogP contribution in [0.5, 0.6) is 0 Å². The molecule has 1 aromatic rings. The number of aromatic nitrogens is 1. The average Bonchev–Trinajstić information content (AvgIpc) is 2.72. The Hall–Kier alpha value is -1.52. The summed E-state index contributed by atoms with van der Waals surface area (Å²) in [5, 5.41) is 0. The molecule has 1 aliphatic rings. The van der Waals surface area contributed by atoms with Gasteiger partial charge in [-0.2, -0.15) is 0 Å². The van der Waals surface area contributed by atoms with E-state index >= 15 is 0 Å². The number of hydrogen-bond acceptors (Lipinski definition) is 2. The van der Waals surface area contributed by atoms with E-state index in [0.717, 1.165) is 11.1 Å². The molecular formula is C12H14F2N2O. The van der Waals surface area contributed by atoms with Crippen molar-refractivity contribution in [2.24, 2.45) is 0 Å². The highest BCUT2D eigenvalue weighted by Crippen LogP contribution is 2.28. The van der Waals surface area contributed by atoms with E-state index in [2.05, 4.69) is 4.98 Å². The van der Waals surface area contributed by atoms with E-state index in [1.54, 1.807) is 18.7 Å². The van der Waals surface area contributed by atoms with Crippen LogP contribution in [0.1, 0.15) is 42.3 Å². The Labute approximate surface area is 98.5 Å². The third-order valence-corrected chi connectivity index (χ3v) is 3.02. The van der Waals surface area contributed by atoms with Crippen LogP contribution in [0.4, 0.5) is 8.78 Å². The fourth-order valence-electron chi connectivity index (χ4n) is 2.08. The minimum Gasteiger partial charge on any atom is -0.332 e. The van der Waals surface area contributed by atoms with Gasteiger partial charge in [-0.25, -0.2) is 13.8 Å². The standard InChI is InChI=1S/C12H14F2N2O/c1-3-11(17)16-5-8-7(2)4-9(12(13)14)15-10(8)6-16/h4,12H,3,5-6H2,1-2H3. The van der Waals surface area contributed by atoms with Crippen molar-refractivity contribution in [3.8, 4) is 0 Å². The van der Waals surface area contributed by atoms with Crippen molar-refractivity contribution in [3.05, 3.63) is 28.6 Å². The highest BCUT2D eigenvalue weighted by molar-refractivity contribution is 5.76. The zero-order valence-corrected chi connectivity index (χ0v) is 9.83. The summed E-state index contributed by atoms with van der Waals surface area (Å²) in [6, 6.07) is 1.41. The van der Waals surface area contributed by atoms with Gasteiger partial charge >= 0.3 is 0 Å². The second-order valence-corrected chi connectivity index (χ2v) is 4.19. The quantitative estimate of drug-likeness (QED) is 0.796. The molecule has 0 aliphatic carbocycles. The highest BCUT2D eigenvalue weighted by atomic mass is 19.3. The SMILES string of the molecule is CCC(=O)N1Cc2nc(C(F)F)cc(C)c2C1. The Kier molecular flexibility index (Phi) is 3.09. The molecule has 2 heterocycles. The molecule has 5 heteroatoms. The van der Waals surface area contributed by atoms with E-state index in [1.807, 2.05) is 0 Å². The minimum atomic E-state index is -2.56. The van der Waals surface area contributed by atoms with Crippen LogP contribution < -0.4 is 0 Å². The summed E-state index contributed by atoms with van der Waals surface area (Å²) in [6.45, 7) is 4.41. The van der Waals surface area contributed by atoms with E-state index in [-0.39, 0.29) is 11.6 Å². The summed E-state index contributed by atoms with van der Waals surface area (Å²) < 4.78 is 25.2. The number of carbonyl (C=O) groups excluding carboxylic acids is 1. The van der Waals surface area contributed by atoms with Crippen LogP contribution in [0.15, 0.2) is 6.07 Å². The van der Waals surface area contributed by atoms with Gasteiger partial charge in [0.15, 0.2) is 0 Å². The number of hydrogen-bond donors (Lipinski definition) is 0. The Morgan fingerprint density at radius 2 is 2.24 bits per heavy atom. The number of carbonyl (C=O) groups is 1. The van der Waals surface area contributed by atoms with Gasteiger partial charge in [0.1, 0.15) is 5.69 Å². The van der Waals surface area contributed by atoms with Gasteiger partial charge in [0.05, 0.1) is 12.2 Å². The Balaban J connectivity index is 2.32. The van der Waals surface area contributed by atoms with Gasteiger partial charge in [0.25, 0.3) is 6.43 Å². The predicted octanol–water partition coefficient (Wildman–Crippen LogP) is 2.58. The number of alkyl halides is 2. The Morgan fingerprint density at radius 1 is 1.53 bits per heavy atom. The summed E-state index contributed by atoms with van der Waals surface area (Å²) in [5.74, 6) is 0.0287. The fraction of sp³-hybridized carbons (Fsp3) is 0.500. The van der Waals surface area contributed by atoms with E-state index < -0.39 is 6.43 Å². The van der Waals surface area contributed by atoms with Gasteiger partial charge in [0, 0.05) is 13.0 Å². The molecule has 1 aromatic heterocycles. The minimum absolute atomic E-state index is 0.0287. The van der Waals surface area contributed by atoms with Crippen LogP contribution >= 0.6 is 0 Å². The molecule has 0 radical (unpaired) electrons. The van der Waals surface area contributed by atoms with Gasteiger partial charge in [0.2, 0.25) is 5.91 Å². The third kappa shape index (κ3) is 2.14. The number of aryl methyl sites for hydroxylation is 1. The van der Waals surface area contributed by atoms with Crippen molar-refractivity contribution in [3.63, 3.8) is 0 Å². The zero-order valence-electron chi connectivity index (χ0n) is 9.83. The van der Waals surface area contributed by atoms with Crippen LogP contribution in [0.3, 0.4) is 0 Å². The average molecular weight is 240 g/mol. The van der Waals surface area contributed by atoms with Crippen molar-refractivity contribution < 1.29 is 13.6 Å². The number of nitrogens with zero attached hydrogens (tertiary/aromatic N) is 2. The molecule has 0 N–H and O–H groups in total. The molecule has 92 valence electrons. The summed E-state index contributed by atoms with van der Waals surface area (Å²) in [4.78, 5) is 17.2. The lowest BCUT2D eigenvalue weighted by atomic mass is 10.1. The number of rotatable bonds is 2. The third-order valence-electron chi connectivity index (χ3n) is 3.02. The van der Waals surface area contributed by atoms with Crippen LogP contribution in [-0.4, -0.2) is 15.8 Å². The molecule has 0 fully saturated rings. The molecule has 3 nitrogen and oxygen atoms in total. The zero-order chi connectivity index (χ0) is 12.6. The van der Waals surface area contributed by atoms with Gasteiger partial charge in [-0.05, 0) is 24.1 Å². The van der Waals surface area contributed by atoms with Gasteiger partial charge in [-0.1, -0.05) is 6.92 Å². The molecule has 1 aliphatic heterocycles. The van der Waals surface area contributed by atoms with Gasteiger partial charge in [-0.15, -0.1) is 0 Å². The number of fused-ring (bicyclic) bond motifs is 1. The van der Waals surface area contributed by atoms with E-state index in [0.29, 0.717) is 25.2 Å². The van der Waals surface area contributed by atoms with Crippen molar-refractivity contribution in [2.75, 3.05) is 0 Å². The lowest BCUT2D eigenvalue weighted by molar-refractivity contribution is -0.131. The van der Waals surface area contributed by atoms with Gasteiger partial charge < -0.3 is 4.90 Å². The molecule has 1 amide bonds. The topological polar surface area (TPSA) is 33.2 Å². The summed E-state index contributed by atoms with van der Waals surface area (Å²) in [6.07, 6.45) is -2.13. The molecule has 0 saturated heterocycles. The highest BCUT2D eigenvalue weighted by Gasteiger charge is 2.26. The van der Waals surface area contributed by atoms with Crippen molar-refractivity contribution >= 4 is 5.91 Å². The monoisotopic (exact) mass is 240 g/mol. The second-order valence-electron chi connectivity index (χ2n) is 4.19. The lowest BCUT2D eigenvalue weighted by Crippen LogP contribution is -2.24. The van der Waals surface area contributed by atoms with Crippen molar-refractivity contribution in [1.29, 1.82) is 0 Å². The smallest absolute Gasteiger partial charge is 0.280 e. The number of amides is 1. The van der Waals surface area contributed by atoms with E-state index in [4.69, 9.17) is 0 Å². The molecule has 2 rings (SSSR count). The maximum atomic E-state index is 12.6. The van der Waals surface area contributed by atoms with Gasteiger partial charge in [-0.3, -0.25) is 4.79 Å².